The number of amides is 2. The van der Waals surface area contributed by atoms with Gasteiger partial charge in [0.1, 0.15) is 11.5 Å². The number of anilines is 1. The van der Waals surface area contributed by atoms with Gasteiger partial charge in [0.2, 0.25) is 5.91 Å². The molecule has 0 spiro atoms. The van der Waals surface area contributed by atoms with E-state index in [0.29, 0.717) is 18.4 Å². The van der Waals surface area contributed by atoms with Gasteiger partial charge in [-0.2, -0.15) is 18.3 Å². The summed E-state index contributed by atoms with van der Waals surface area (Å²) in [6, 6.07) is 4.04. The number of Topliss-reactive ketones (excluding diaryl/α,β-unsaturated/α-hetero) is 2. The summed E-state index contributed by atoms with van der Waals surface area (Å²) in [5.41, 5.74) is 14.5. The summed E-state index contributed by atoms with van der Waals surface area (Å²) in [7, 11) is 0. The molecule has 2 amide bonds. The number of ketones is 2. The van der Waals surface area contributed by atoms with Crippen molar-refractivity contribution >= 4 is 29.1 Å². The Morgan fingerprint density at radius 1 is 1.00 bits per heavy atom. The molecule has 1 aromatic heterocycles. The number of nitrogens with zero attached hydrogens (tertiary/aromatic N) is 2. The van der Waals surface area contributed by atoms with E-state index in [1.165, 1.54) is 57.7 Å². The Morgan fingerprint density at radius 3 is 1.93 bits per heavy atom. The number of benzene rings is 1. The second-order valence-corrected chi connectivity index (χ2v) is 12.7. The van der Waals surface area contributed by atoms with Crippen LogP contribution < -0.4 is 22.5 Å². The third kappa shape index (κ3) is 20.3. The number of alkyl halides is 3. The summed E-state index contributed by atoms with van der Waals surface area (Å²) in [5.74, 6) is -0.715. The topological polar surface area (TPSA) is 185 Å². The lowest BCUT2D eigenvalue weighted by Gasteiger charge is -2.29. The van der Waals surface area contributed by atoms with Gasteiger partial charge >= 0.3 is 6.18 Å². The number of carbonyl (C=O) groups is 4. The molecular weight excluding hydrogens is 701 g/mol. The number of aromatic nitrogens is 2. The zero-order valence-electron chi connectivity index (χ0n) is 34.9. The standard InChI is InChI=1S/C17H17F3N4O2.C11H20N2O2.C3H6O.C3H8.3C2H6/c1-16(2)6-11-13(12(25)7-16)14(17(18,19)20)23-24(11)8-3-4-9(15(22)26)10(21)5-8;1-9(8-13-11(14)7-12)15-10-5-3-2-4-6-10;1-3(2)4;1-3-2;3*1-2/h3-5H,6-7,21H2,1-2H3,(H2,22,26);10H,1-8,12H2,(H,13,14);1-2H3;3H2,1-2H3;3*1-2H3. The van der Waals surface area contributed by atoms with E-state index in [4.69, 9.17) is 21.9 Å². The highest BCUT2D eigenvalue weighted by atomic mass is 19.4. The number of nitrogens with one attached hydrogen (secondary N) is 1. The summed E-state index contributed by atoms with van der Waals surface area (Å²) in [5, 5.41) is 6.30. The molecule has 0 aliphatic heterocycles. The van der Waals surface area contributed by atoms with E-state index in [9.17, 15) is 32.3 Å². The molecule has 0 atom stereocenters. The molecule has 1 aromatic carbocycles. The molecule has 310 valence electrons. The van der Waals surface area contributed by atoms with Crippen LogP contribution in [0.4, 0.5) is 18.9 Å². The van der Waals surface area contributed by atoms with Gasteiger partial charge in [0.15, 0.2) is 11.5 Å². The number of nitrogens with two attached hydrogens (primary N) is 3. The van der Waals surface area contributed by atoms with E-state index >= 15 is 0 Å². The van der Waals surface area contributed by atoms with Crippen LogP contribution in [-0.2, 0) is 26.9 Å². The van der Waals surface area contributed by atoms with Gasteiger partial charge in [-0.05, 0) is 69.6 Å². The molecule has 4 rings (SSSR count). The van der Waals surface area contributed by atoms with E-state index in [-0.39, 0.29) is 53.7 Å². The van der Waals surface area contributed by atoms with Crippen LogP contribution in [0.25, 0.3) is 5.69 Å². The maximum Gasteiger partial charge on any atom is 0.435 e. The predicted octanol–water partition coefficient (Wildman–Crippen LogP) is 8.74. The second-order valence-electron chi connectivity index (χ2n) is 12.7. The summed E-state index contributed by atoms with van der Waals surface area (Å²) >= 11 is 0. The Bertz CT molecular complexity index is 1430. The number of ether oxygens (including phenoxy) is 1. The van der Waals surface area contributed by atoms with Crippen molar-refractivity contribution < 1.29 is 37.1 Å². The third-order valence-electron chi connectivity index (χ3n) is 6.91. The van der Waals surface area contributed by atoms with Crippen LogP contribution in [0.15, 0.2) is 30.5 Å². The molecule has 7 N–H and O–H groups in total. The van der Waals surface area contributed by atoms with Crippen LogP contribution in [0.3, 0.4) is 0 Å². The average molecular weight is 771 g/mol. The zero-order valence-corrected chi connectivity index (χ0v) is 34.9. The van der Waals surface area contributed by atoms with Gasteiger partial charge in [-0.15, -0.1) is 0 Å². The fourth-order valence-corrected chi connectivity index (χ4v) is 5.00. The lowest BCUT2D eigenvalue weighted by atomic mass is 9.75. The van der Waals surface area contributed by atoms with Crippen LogP contribution >= 0.6 is 0 Å². The normalized spacial score (nSPS) is 13.8. The molecule has 11 nitrogen and oxygen atoms in total. The number of primary amides is 1. The number of rotatable bonds is 7. The molecule has 14 heteroatoms. The molecule has 2 aliphatic rings. The number of nitrogen functional groups attached to an aromatic ring is 1. The molecule has 1 saturated carbocycles. The van der Waals surface area contributed by atoms with Crippen molar-refractivity contribution in [2.75, 3.05) is 18.8 Å². The number of hydrogen-bond acceptors (Lipinski definition) is 8. The third-order valence-corrected chi connectivity index (χ3v) is 6.91. The highest BCUT2D eigenvalue weighted by molar-refractivity contribution is 6.00. The number of fused-ring (bicyclic) bond motifs is 1. The van der Waals surface area contributed by atoms with Crippen LogP contribution in [0.5, 0.6) is 0 Å². The molecule has 2 aliphatic carbocycles. The highest BCUT2D eigenvalue weighted by Gasteiger charge is 2.45. The molecule has 0 saturated heterocycles. The monoisotopic (exact) mass is 771 g/mol. The summed E-state index contributed by atoms with van der Waals surface area (Å²) in [6.45, 7) is 27.1. The molecule has 1 fully saturated rings. The van der Waals surface area contributed by atoms with Crippen molar-refractivity contribution in [2.24, 2.45) is 16.9 Å². The molecular formula is C40H69F3N6O5. The molecule has 1 heterocycles. The number of hydrogen-bond donors (Lipinski definition) is 4. The van der Waals surface area contributed by atoms with Crippen molar-refractivity contribution in [2.45, 2.75) is 147 Å². The van der Waals surface area contributed by atoms with Gasteiger partial charge in [-0.25, -0.2) is 4.68 Å². The van der Waals surface area contributed by atoms with Crippen molar-refractivity contribution in [1.29, 1.82) is 0 Å². The zero-order chi connectivity index (χ0) is 42.8. The Hall–Kier alpha value is -4.20. The number of carbonyl (C=O) groups excluding carboxylic acids is 4. The van der Waals surface area contributed by atoms with Crippen LogP contribution in [0.1, 0.15) is 160 Å². The molecule has 0 unspecified atom stereocenters. The first-order valence-electron chi connectivity index (χ1n) is 19.0. The minimum atomic E-state index is -4.76. The Kier molecular flexibility index (Phi) is 28.3. The quantitative estimate of drug-likeness (QED) is 0.159. The minimum absolute atomic E-state index is 0.0106. The van der Waals surface area contributed by atoms with E-state index in [1.807, 2.05) is 55.4 Å². The van der Waals surface area contributed by atoms with E-state index in [1.54, 1.807) is 0 Å². The van der Waals surface area contributed by atoms with Crippen molar-refractivity contribution in [3.05, 3.63) is 53.1 Å². The molecule has 0 bridgehead atoms. The lowest BCUT2D eigenvalue weighted by molar-refractivity contribution is -0.141. The first-order chi connectivity index (χ1) is 25.3. The van der Waals surface area contributed by atoms with Gasteiger partial charge in [0.25, 0.3) is 5.91 Å². The van der Waals surface area contributed by atoms with E-state index in [2.05, 4.69) is 30.8 Å². The van der Waals surface area contributed by atoms with Crippen LogP contribution in [0, 0.1) is 5.41 Å². The van der Waals surface area contributed by atoms with Crippen LogP contribution in [-0.4, -0.2) is 52.4 Å². The van der Waals surface area contributed by atoms with Crippen molar-refractivity contribution in [1.82, 2.24) is 15.1 Å². The van der Waals surface area contributed by atoms with Gasteiger partial charge in [0, 0.05) is 12.1 Å². The largest absolute Gasteiger partial charge is 0.494 e. The fourth-order valence-electron chi connectivity index (χ4n) is 5.00. The maximum absolute atomic E-state index is 13.4. The Morgan fingerprint density at radius 2 is 1.50 bits per heavy atom. The molecule has 0 radical (unpaired) electrons. The number of halogens is 3. The SMILES string of the molecule is C=C(CNC(=O)CN)OC1CCCCC1.CC.CC.CC.CC(C)=O.CC1(C)CC(=O)c2c(C(F)(F)F)nn(-c3ccc(C(N)=O)c(N)c3)c2C1.CCC. The first kappa shape index (κ1) is 54.1. The van der Waals surface area contributed by atoms with Gasteiger partial charge in [-0.1, -0.05) is 88.7 Å². The summed E-state index contributed by atoms with van der Waals surface area (Å²) in [4.78, 5) is 44.0. The predicted molar refractivity (Wildman–Crippen MR) is 213 cm³/mol. The fraction of sp³-hybridized carbons (Fsp3) is 0.625. The lowest BCUT2D eigenvalue weighted by Crippen LogP contribution is -2.32. The van der Waals surface area contributed by atoms with E-state index in [0.717, 1.165) is 17.5 Å². The Balaban J connectivity index is -0.000000786. The summed E-state index contributed by atoms with van der Waals surface area (Å²) in [6.07, 6.45) is 3.00. The average Bonchev–Trinajstić information content (AvgIpc) is 3.50. The van der Waals surface area contributed by atoms with Gasteiger partial charge in [-0.3, -0.25) is 14.4 Å². The van der Waals surface area contributed by atoms with Crippen molar-refractivity contribution in [3.63, 3.8) is 0 Å². The highest BCUT2D eigenvalue weighted by Crippen LogP contribution is 2.42. The van der Waals surface area contributed by atoms with Crippen LogP contribution in [0.2, 0.25) is 0 Å². The summed E-state index contributed by atoms with van der Waals surface area (Å²) < 4.78 is 46.9. The smallest absolute Gasteiger partial charge is 0.435 e. The molecule has 54 heavy (non-hydrogen) atoms. The van der Waals surface area contributed by atoms with E-state index < -0.39 is 34.5 Å². The van der Waals surface area contributed by atoms with Gasteiger partial charge < -0.3 is 32.0 Å². The van der Waals surface area contributed by atoms with Gasteiger partial charge in [0.05, 0.1) is 41.7 Å². The van der Waals surface area contributed by atoms with Crippen molar-refractivity contribution in [3.8, 4) is 5.69 Å². The Labute approximate surface area is 322 Å². The minimum Gasteiger partial charge on any atom is -0.494 e. The molecule has 2 aromatic rings. The maximum atomic E-state index is 13.4. The second kappa shape index (κ2) is 28.3. The first-order valence-corrected chi connectivity index (χ1v) is 19.0.